The summed E-state index contributed by atoms with van der Waals surface area (Å²) >= 11 is 1.67. The molecule has 0 bridgehead atoms. The summed E-state index contributed by atoms with van der Waals surface area (Å²) in [7, 11) is 1.89. The molecule has 0 saturated carbocycles. The van der Waals surface area contributed by atoms with Crippen molar-refractivity contribution in [3.8, 4) is 11.3 Å². The summed E-state index contributed by atoms with van der Waals surface area (Å²) in [5, 5.41) is 19.3. The van der Waals surface area contributed by atoms with Crippen molar-refractivity contribution >= 4 is 11.3 Å². The van der Waals surface area contributed by atoms with E-state index in [4.69, 9.17) is 4.74 Å². The van der Waals surface area contributed by atoms with Crippen LogP contribution in [0.1, 0.15) is 16.4 Å². The summed E-state index contributed by atoms with van der Waals surface area (Å²) in [5.41, 5.74) is 3.91. The number of nitrogens with one attached hydrogen (secondary N) is 1. The fourth-order valence-corrected chi connectivity index (χ4v) is 3.42. The molecule has 0 saturated heterocycles. The number of aryl methyl sites for hydroxylation is 2. The second-order valence-corrected chi connectivity index (χ2v) is 6.95. The second-order valence-electron chi connectivity index (χ2n) is 5.89. The van der Waals surface area contributed by atoms with Crippen molar-refractivity contribution in [3.05, 3.63) is 34.2 Å². The van der Waals surface area contributed by atoms with Crippen LogP contribution in [-0.4, -0.2) is 42.4 Å². The Hall–Kier alpha value is -2.10. The molecule has 0 fully saturated rings. The van der Waals surface area contributed by atoms with Crippen molar-refractivity contribution in [1.82, 2.24) is 35.1 Å². The molecule has 4 rings (SSSR count). The van der Waals surface area contributed by atoms with E-state index in [1.807, 2.05) is 24.9 Å². The predicted molar refractivity (Wildman–Crippen MR) is 89.4 cm³/mol. The topological polar surface area (TPSA) is 82.7 Å². The minimum absolute atomic E-state index is 0.0840. The molecule has 1 aliphatic rings. The molecule has 3 aromatic heterocycles. The van der Waals surface area contributed by atoms with Gasteiger partial charge in [-0.1, -0.05) is 5.21 Å². The smallest absolute Gasteiger partial charge is 0.121 e. The molecule has 1 atom stereocenters. The summed E-state index contributed by atoms with van der Waals surface area (Å²) in [4.78, 5) is 4.45. The highest BCUT2D eigenvalue weighted by Gasteiger charge is 2.24. The van der Waals surface area contributed by atoms with Crippen LogP contribution >= 0.6 is 11.3 Å². The molecule has 0 aromatic carbocycles. The van der Waals surface area contributed by atoms with E-state index in [0.29, 0.717) is 13.2 Å². The normalized spacial score (nSPS) is 17.2. The van der Waals surface area contributed by atoms with Gasteiger partial charge in [0.25, 0.3) is 0 Å². The van der Waals surface area contributed by atoms with Gasteiger partial charge < -0.3 is 10.1 Å². The lowest BCUT2D eigenvalue weighted by Crippen LogP contribution is -2.36. The van der Waals surface area contributed by atoms with Crippen molar-refractivity contribution in [2.45, 2.75) is 32.7 Å². The predicted octanol–water partition coefficient (Wildman–Crippen LogP) is 1.13. The molecule has 9 heteroatoms. The molecule has 0 unspecified atom stereocenters. The average molecular weight is 345 g/mol. The Morgan fingerprint density at radius 1 is 1.46 bits per heavy atom. The summed E-state index contributed by atoms with van der Waals surface area (Å²) in [6.45, 7) is 4.75. The molecular weight excluding hydrogens is 326 g/mol. The average Bonchev–Trinajstić information content (AvgIpc) is 3.27. The molecule has 24 heavy (non-hydrogen) atoms. The van der Waals surface area contributed by atoms with Crippen molar-refractivity contribution in [2.75, 3.05) is 6.54 Å². The van der Waals surface area contributed by atoms with Crippen LogP contribution < -0.4 is 5.32 Å². The molecule has 0 amide bonds. The summed E-state index contributed by atoms with van der Waals surface area (Å²) in [6, 6.07) is 0. The second kappa shape index (κ2) is 6.42. The van der Waals surface area contributed by atoms with Crippen molar-refractivity contribution in [1.29, 1.82) is 0 Å². The Bertz CT molecular complexity index is 837. The molecule has 126 valence electrons. The lowest BCUT2D eigenvalue weighted by molar-refractivity contribution is 0.00122. The van der Waals surface area contributed by atoms with Gasteiger partial charge in [0.1, 0.15) is 5.69 Å². The highest BCUT2D eigenvalue weighted by molar-refractivity contribution is 7.09. The van der Waals surface area contributed by atoms with Crippen LogP contribution in [0.15, 0.2) is 17.8 Å². The van der Waals surface area contributed by atoms with Crippen molar-refractivity contribution in [2.24, 2.45) is 7.05 Å². The van der Waals surface area contributed by atoms with Gasteiger partial charge >= 0.3 is 0 Å². The number of ether oxygens (including phenoxy) is 1. The monoisotopic (exact) mass is 345 g/mol. The number of nitrogens with zero attached hydrogens (tertiary/aromatic N) is 6. The van der Waals surface area contributed by atoms with E-state index < -0.39 is 0 Å². The molecule has 0 spiro atoms. The first-order chi connectivity index (χ1) is 11.7. The van der Waals surface area contributed by atoms with Gasteiger partial charge in [0.15, 0.2) is 0 Å². The van der Waals surface area contributed by atoms with Crippen LogP contribution in [-0.2, 0) is 31.5 Å². The van der Waals surface area contributed by atoms with Crippen molar-refractivity contribution < 1.29 is 4.74 Å². The van der Waals surface area contributed by atoms with Gasteiger partial charge in [-0.25, -0.2) is 9.67 Å². The lowest BCUT2D eigenvalue weighted by atomic mass is 10.2. The Morgan fingerprint density at radius 3 is 3.12 bits per heavy atom. The fraction of sp³-hybridized carbons (Fsp3) is 0.467. The standard InChI is InChI=1S/C15H19N7OS/c1-10-18-12(9-24-10)4-16-5-13-7-22-14(8-23-13)15(19-20-22)11-3-17-21(2)6-11/h3,6,9,13,16H,4-5,7-8H2,1-2H3/t13-/m0/s1. The molecule has 0 radical (unpaired) electrons. The van der Waals surface area contributed by atoms with Crippen LogP contribution in [0.25, 0.3) is 11.3 Å². The third-order valence-electron chi connectivity index (χ3n) is 3.99. The zero-order valence-electron chi connectivity index (χ0n) is 13.6. The Kier molecular flexibility index (Phi) is 4.13. The number of hydrogen-bond acceptors (Lipinski definition) is 7. The molecule has 0 aliphatic carbocycles. The fourth-order valence-electron chi connectivity index (χ4n) is 2.81. The minimum Gasteiger partial charge on any atom is -0.369 e. The number of hydrogen-bond donors (Lipinski definition) is 1. The Balaban J connectivity index is 1.37. The van der Waals surface area contributed by atoms with E-state index >= 15 is 0 Å². The van der Waals surface area contributed by atoms with Crippen LogP contribution in [0.3, 0.4) is 0 Å². The zero-order valence-corrected chi connectivity index (χ0v) is 14.5. The molecule has 3 aromatic rings. The lowest BCUT2D eigenvalue weighted by Gasteiger charge is -2.24. The quantitative estimate of drug-likeness (QED) is 0.746. The third kappa shape index (κ3) is 3.10. The molecule has 1 aliphatic heterocycles. The molecular formula is C15H19N7OS. The van der Waals surface area contributed by atoms with Crippen LogP contribution in [0.4, 0.5) is 0 Å². The van der Waals surface area contributed by atoms with E-state index in [2.05, 4.69) is 31.1 Å². The number of fused-ring (bicyclic) bond motifs is 1. The summed E-state index contributed by atoms with van der Waals surface area (Å²) in [5.74, 6) is 0. The molecule has 8 nitrogen and oxygen atoms in total. The minimum atomic E-state index is 0.0840. The highest BCUT2D eigenvalue weighted by Crippen LogP contribution is 2.24. The SMILES string of the molecule is Cc1nc(CNC[C@H]2Cn3nnc(-c4cnn(C)c4)c3CO2)cs1. The van der Waals surface area contributed by atoms with Gasteiger partial charge in [-0.05, 0) is 6.92 Å². The van der Waals surface area contributed by atoms with Gasteiger partial charge in [0, 0.05) is 37.3 Å². The first kappa shape index (κ1) is 15.4. The van der Waals surface area contributed by atoms with Crippen LogP contribution in [0.5, 0.6) is 0 Å². The van der Waals surface area contributed by atoms with Crippen LogP contribution in [0.2, 0.25) is 0 Å². The number of thiazole rings is 1. The van der Waals surface area contributed by atoms with Gasteiger partial charge in [-0.3, -0.25) is 4.68 Å². The summed E-state index contributed by atoms with van der Waals surface area (Å²) < 4.78 is 9.66. The highest BCUT2D eigenvalue weighted by atomic mass is 32.1. The van der Waals surface area contributed by atoms with Crippen molar-refractivity contribution in [3.63, 3.8) is 0 Å². The van der Waals surface area contributed by atoms with Crippen LogP contribution in [0, 0.1) is 6.92 Å². The van der Waals surface area contributed by atoms with E-state index in [1.54, 1.807) is 22.2 Å². The number of rotatable bonds is 5. The third-order valence-corrected chi connectivity index (χ3v) is 4.82. The molecule has 1 N–H and O–H groups in total. The van der Waals surface area contributed by atoms with Gasteiger partial charge in [-0.2, -0.15) is 5.10 Å². The first-order valence-electron chi connectivity index (χ1n) is 7.84. The largest absolute Gasteiger partial charge is 0.369 e. The zero-order chi connectivity index (χ0) is 16.5. The van der Waals surface area contributed by atoms with E-state index in [1.165, 1.54) is 0 Å². The molecule has 4 heterocycles. The maximum absolute atomic E-state index is 5.97. The first-order valence-corrected chi connectivity index (χ1v) is 8.71. The van der Waals surface area contributed by atoms with Gasteiger partial charge in [0.05, 0.1) is 41.8 Å². The summed E-state index contributed by atoms with van der Waals surface area (Å²) in [6.07, 6.45) is 3.82. The Morgan fingerprint density at radius 2 is 2.38 bits per heavy atom. The maximum Gasteiger partial charge on any atom is 0.121 e. The Labute approximate surface area is 143 Å². The maximum atomic E-state index is 5.97. The van der Waals surface area contributed by atoms with Gasteiger partial charge in [0.2, 0.25) is 0 Å². The van der Waals surface area contributed by atoms with E-state index in [-0.39, 0.29) is 6.10 Å². The number of aromatic nitrogens is 6. The van der Waals surface area contributed by atoms with E-state index in [0.717, 1.165) is 40.7 Å². The van der Waals surface area contributed by atoms with Gasteiger partial charge in [-0.15, -0.1) is 16.4 Å². The van der Waals surface area contributed by atoms with E-state index in [9.17, 15) is 0 Å².